The van der Waals surface area contributed by atoms with Gasteiger partial charge >= 0.3 is 0 Å². The molecule has 0 aliphatic rings. The SMILES string of the molecule is O=C(Cc1csc(Cc2ccccc2F)c1)C(=O)c1nn[nH]n1. The predicted octanol–water partition coefficient (Wildman–Crippen LogP) is 1.99. The Labute approximate surface area is 134 Å². The highest BCUT2D eigenvalue weighted by molar-refractivity contribution is 7.10. The van der Waals surface area contributed by atoms with E-state index < -0.39 is 11.6 Å². The Bertz CT molecular complexity index is 845. The maximum Gasteiger partial charge on any atom is 0.269 e. The lowest BCUT2D eigenvalue weighted by Gasteiger charge is -2.00. The van der Waals surface area contributed by atoms with E-state index in [1.165, 1.54) is 17.4 Å². The van der Waals surface area contributed by atoms with Crippen molar-refractivity contribution in [2.75, 3.05) is 0 Å². The third-order valence-electron chi connectivity index (χ3n) is 3.20. The monoisotopic (exact) mass is 330 g/mol. The largest absolute Gasteiger partial charge is 0.290 e. The first-order chi connectivity index (χ1) is 11.1. The number of tetrazole rings is 1. The molecule has 0 saturated carbocycles. The van der Waals surface area contributed by atoms with Crippen molar-refractivity contribution < 1.29 is 14.0 Å². The summed E-state index contributed by atoms with van der Waals surface area (Å²) in [5.41, 5.74) is 1.30. The Morgan fingerprint density at radius 3 is 2.83 bits per heavy atom. The van der Waals surface area contributed by atoms with Crippen LogP contribution in [0, 0.1) is 5.82 Å². The maximum absolute atomic E-state index is 13.6. The van der Waals surface area contributed by atoms with E-state index in [0.29, 0.717) is 17.5 Å². The Balaban J connectivity index is 1.67. The lowest BCUT2D eigenvalue weighted by Crippen LogP contribution is -2.18. The molecule has 8 heteroatoms. The van der Waals surface area contributed by atoms with Crippen LogP contribution >= 0.6 is 11.3 Å². The fourth-order valence-electron chi connectivity index (χ4n) is 2.09. The van der Waals surface area contributed by atoms with Gasteiger partial charge in [-0.25, -0.2) is 4.39 Å². The normalized spacial score (nSPS) is 10.7. The molecule has 0 radical (unpaired) electrons. The molecule has 116 valence electrons. The van der Waals surface area contributed by atoms with Crippen molar-refractivity contribution in [1.29, 1.82) is 0 Å². The van der Waals surface area contributed by atoms with E-state index in [1.54, 1.807) is 29.6 Å². The van der Waals surface area contributed by atoms with E-state index in [0.717, 1.165) is 4.88 Å². The third-order valence-corrected chi connectivity index (χ3v) is 4.18. The predicted molar refractivity (Wildman–Crippen MR) is 80.7 cm³/mol. The lowest BCUT2D eigenvalue weighted by atomic mass is 10.1. The van der Waals surface area contributed by atoms with Crippen LogP contribution in [0.2, 0.25) is 0 Å². The van der Waals surface area contributed by atoms with Crippen molar-refractivity contribution >= 4 is 22.9 Å². The topological polar surface area (TPSA) is 88.6 Å². The van der Waals surface area contributed by atoms with Gasteiger partial charge in [-0.15, -0.1) is 21.5 Å². The molecule has 1 N–H and O–H groups in total. The Morgan fingerprint density at radius 1 is 1.26 bits per heavy atom. The van der Waals surface area contributed by atoms with Crippen LogP contribution in [0.4, 0.5) is 4.39 Å². The number of H-pyrrole nitrogens is 1. The Morgan fingerprint density at radius 2 is 2.09 bits per heavy atom. The number of hydrogen-bond donors (Lipinski definition) is 1. The summed E-state index contributed by atoms with van der Waals surface area (Å²) in [5, 5.41) is 14.2. The number of benzene rings is 1. The number of aromatic nitrogens is 4. The molecule has 3 aromatic rings. The van der Waals surface area contributed by atoms with Gasteiger partial charge in [0.25, 0.3) is 5.78 Å². The van der Waals surface area contributed by atoms with Crippen molar-refractivity contribution in [3.8, 4) is 0 Å². The molecule has 2 heterocycles. The summed E-state index contributed by atoms with van der Waals surface area (Å²) >= 11 is 1.42. The minimum absolute atomic E-state index is 0.0405. The second-order valence-corrected chi connectivity index (χ2v) is 5.85. The molecule has 2 aromatic heterocycles. The van der Waals surface area contributed by atoms with Crippen LogP contribution in [0.3, 0.4) is 0 Å². The summed E-state index contributed by atoms with van der Waals surface area (Å²) in [6.07, 6.45) is 0.408. The van der Waals surface area contributed by atoms with Gasteiger partial charge in [-0.2, -0.15) is 5.21 Å². The van der Waals surface area contributed by atoms with Crippen LogP contribution in [0.1, 0.15) is 26.6 Å². The summed E-state index contributed by atoms with van der Waals surface area (Å²) in [4.78, 5) is 24.6. The summed E-state index contributed by atoms with van der Waals surface area (Å²) in [7, 11) is 0. The minimum atomic E-state index is -0.777. The number of halogens is 1. The van der Waals surface area contributed by atoms with Crippen LogP contribution < -0.4 is 0 Å². The van der Waals surface area contributed by atoms with E-state index >= 15 is 0 Å². The number of ketones is 2. The minimum Gasteiger partial charge on any atom is -0.290 e. The summed E-state index contributed by atoms with van der Waals surface area (Å²) in [6.45, 7) is 0. The zero-order valence-electron chi connectivity index (χ0n) is 11.8. The zero-order chi connectivity index (χ0) is 16.2. The molecule has 0 aliphatic carbocycles. The Kier molecular flexibility index (Phi) is 4.33. The van der Waals surface area contributed by atoms with Gasteiger partial charge in [0.15, 0.2) is 0 Å². The molecule has 23 heavy (non-hydrogen) atoms. The fourth-order valence-corrected chi connectivity index (χ4v) is 3.00. The molecule has 0 fully saturated rings. The number of nitrogens with one attached hydrogen (secondary N) is 1. The molecular formula is C15H11FN4O2S. The van der Waals surface area contributed by atoms with E-state index in [4.69, 9.17) is 0 Å². The first kappa shape index (κ1) is 15.2. The summed E-state index contributed by atoms with van der Waals surface area (Å²) in [5.74, 6) is -1.88. The van der Waals surface area contributed by atoms with Crippen molar-refractivity contribution in [3.63, 3.8) is 0 Å². The van der Waals surface area contributed by atoms with E-state index in [-0.39, 0.29) is 18.1 Å². The average molecular weight is 330 g/mol. The van der Waals surface area contributed by atoms with Gasteiger partial charge in [0.2, 0.25) is 11.6 Å². The molecule has 0 bridgehead atoms. The first-order valence-corrected chi connectivity index (χ1v) is 7.62. The van der Waals surface area contributed by atoms with Gasteiger partial charge in [0.1, 0.15) is 5.82 Å². The summed E-state index contributed by atoms with van der Waals surface area (Å²) < 4.78 is 13.6. The number of hydrogen-bond acceptors (Lipinski definition) is 6. The fraction of sp³-hybridized carbons (Fsp3) is 0.133. The van der Waals surface area contributed by atoms with Crippen molar-refractivity contribution in [1.82, 2.24) is 20.6 Å². The smallest absolute Gasteiger partial charge is 0.269 e. The van der Waals surface area contributed by atoms with Crippen LogP contribution in [0.5, 0.6) is 0 Å². The molecule has 0 aliphatic heterocycles. The Hall–Kier alpha value is -2.74. The number of carbonyl (C=O) groups excluding carboxylic acids is 2. The molecule has 0 atom stereocenters. The van der Waals surface area contributed by atoms with Crippen molar-refractivity contribution in [3.05, 3.63) is 63.4 Å². The van der Waals surface area contributed by atoms with Crippen LogP contribution in [0.25, 0.3) is 0 Å². The molecule has 1 aromatic carbocycles. The first-order valence-electron chi connectivity index (χ1n) is 6.74. The van der Waals surface area contributed by atoms with Gasteiger partial charge in [0.05, 0.1) is 0 Å². The summed E-state index contributed by atoms with van der Waals surface area (Å²) in [6, 6.07) is 8.36. The van der Waals surface area contributed by atoms with Crippen molar-refractivity contribution in [2.45, 2.75) is 12.8 Å². The van der Waals surface area contributed by atoms with E-state index in [2.05, 4.69) is 20.6 Å². The standard InChI is InChI=1S/C15H11FN4O2S/c16-12-4-2-1-3-10(12)7-11-5-9(8-23-11)6-13(21)14(22)15-17-19-20-18-15/h1-5,8H,6-7H2,(H,17,18,19,20). The third kappa shape index (κ3) is 3.54. The maximum atomic E-state index is 13.6. The van der Waals surface area contributed by atoms with Gasteiger partial charge in [-0.1, -0.05) is 18.2 Å². The van der Waals surface area contributed by atoms with Gasteiger partial charge in [-0.05, 0) is 33.9 Å². The van der Waals surface area contributed by atoms with Crippen molar-refractivity contribution in [2.24, 2.45) is 0 Å². The molecule has 0 saturated heterocycles. The number of carbonyl (C=O) groups is 2. The number of thiophene rings is 1. The van der Waals surface area contributed by atoms with Gasteiger partial charge in [0, 0.05) is 17.7 Å². The molecule has 0 unspecified atom stereocenters. The van der Waals surface area contributed by atoms with Crippen LogP contribution in [-0.2, 0) is 17.6 Å². The van der Waals surface area contributed by atoms with Crippen LogP contribution in [-0.4, -0.2) is 32.2 Å². The number of nitrogens with zero attached hydrogens (tertiary/aromatic N) is 3. The van der Waals surface area contributed by atoms with Gasteiger partial charge in [-0.3, -0.25) is 9.59 Å². The molecule has 3 rings (SSSR count). The van der Waals surface area contributed by atoms with Gasteiger partial charge < -0.3 is 0 Å². The zero-order valence-corrected chi connectivity index (χ0v) is 12.6. The van der Waals surface area contributed by atoms with Crippen LogP contribution in [0.15, 0.2) is 35.7 Å². The van der Waals surface area contributed by atoms with E-state index in [9.17, 15) is 14.0 Å². The lowest BCUT2D eigenvalue weighted by molar-refractivity contribution is -0.114. The second-order valence-electron chi connectivity index (χ2n) is 4.85. The quantitative estimate of drug-likeness (QED) is 0.551. The molecule has 0 amide bonds. The average Bonchev–Trinajstić information content (AvgIpc) is 3.21. The van der Waals surface area contributed by atoms with E-state index in [1.807, 2.05) is 0 Å². The highest BCUT2D eigenvalue weighted by atomic mass is 32.1. The number of Topliss-reactive ketones (excluding diaryl/α,β-unsaturated/α-hetero) is 2. The molecule has 0 spiro atoms. The molecular weight excluding hydrogens is 319 g/mol. The highest BCUT2D eigenvalue weighted by Crippen LogP contribution is 2.21. The number of rotatable bonds is 6. The number of aromatic amines is 1. The molecule has 6 nitrogen and oxygen atoms in total. The second kappa shape index (κ2) is 6.57. The highest BCUT2D eigenvalue weighted by Gasteiger charge is 2.21.